The maximum Gasteiger partial charge on any atom is 0.256 e. The summed E-state index contributed by atoms with van der Waals surface area (Å²) in [5.74, 6) is 0. The summed E-state index contributed by atoms with van der Waals surface area (Å²) in [7, 11) is 1.65. The van der Waals surface area contributed by atoms with Crippen LogP contribution in [0.1, 0.15) is 0 Å². The largest absolute Gasteiger partial charge is 0.321 e. The standard InChI is InChI=1S/C12H11N3O/c1-8-9(3-5-13-2)12(16)15-11-4-6-14-7-10(8)11/h3-7H,1H2,2H3,(H,15,16)/b9-3+,13-5?. The Morgan fingerprint density at radius 1 is 1.56 bits per heavy atom. The smallest absolute Gasteiger partial charge is 0.256 e. The molecule has 0 saturated carbocycles. The highest BCUT2D eigenvalue weighted by Crippen LogP contribution is 1.98. The molecule has 16 heavy (non-hydrogen) atoms. The molecule has 2 rings (SSSR count). The predicted molar refractivity (Wildman–Crippen MR) is 66.0 cm³/mol. The third-order valence-corrected chi connectivity index (χ3v) is 2.35. The Labute approximate surface area is 91.7 Å². The molecule has 2 aromatic heterocycles. The number of H-pyrrole nitrogens is 1. The fourth-order valence-electron chi connectivity index (χ4n) is 1.54. The van der Waals surface area contributed by atoms with Crippen molar-refractivity contribution < 1.29 is 0 Å². The molecule has 4 heteroatoms. The van der Waals surface area contributed by atoms with Gasteiger partial charge in [0.1, 0.15) is 0 Å². The van der Waals surface area contributed by atoms with E-state index in [0.717, 1.165) is 10.9 Å². The Balaban J connectivity index is 2.98. The zero-order chi connectivity index (χ0) is 11.5. The van der Waals surface area contributed by atoms with E-state index in [-0.39, 0.29) is 5.56 Å². The van der Waals surface area contributed by atoms with Crippen LogP contribution in [0.4, 0.5) is 0 Å². The van der Waals surface area contributed by atoms with Crippen LogP contribution in [0.5, 0.6) is 0 Å². The molecular formula is C12H11N3O. The summed E-state index contributed by atoms with van der Waals surface area (Å²) in [4.78, 5) is 22.4. The minimum absolute atomic E-state index is 0.163. The van der Waals surface area contributed by atoms with Crippen molar-refractivity contribution in [3.8, 4) is 0 Å². The SMILES string of the molecule is C=c1/c(=C\C=NC)c(=O)[nH]c2ccncc12. The normalized spacial score (nSPS) is 12.7. The van der Waals surface area contributed by atoms with Crippen molar-refractivity contribution in [2.24, 2.45) is 4.99 Å². The molecule has 1 N–H and O–H groups in total. The third-order valence-electron chi connectivity index (χ3n) is 2.35. The molecule has 0 saturated heterocycles. The number of hydrogen-bond donors (Lipinski definition) is 1. The van der Waals surface area contributed by atoms with E-state index in [1.807, 2.05) is 0 Å². The predicted octanol–water partition coefficient (Wildman–Crippen LogP) is -0.186. The second kappa shape index (κ2) is 4.10. The summed E-state index contributed by atoms with van der Waals surface area (Å²) >= 11 is 0. The van der Waals surface area contributed by atoms with Crippen molar-refractivity contribution in [2.45, 2.75) is 0 Å². The van der Waals surface area contributed by atoms with E-state index in [9.17, 15) is 4.79 Å². The Bertz CT molecular complexity index is 713. The van der Waals surface area contributed by atoms with E-state index in [2.05, 4.69) is 21.5 Å². The molecule has 4 nitrogen and oxygen atoms in total. The summed E-state index contributed by atoms with van der Waals surface area (Å²) in [6, 6.07) is 1.75. The second-order valence-corrected chi connectivity index (χ2v) is 3.34. The first-order chi connectivity index (χ1) is 7.74. The zero-order valence-electron chi connectivity index (χ0n) is 8.90. The van der Waals surface area contributed by atoms with Crippen LogP contribution in [0, 0.1) is 0 Å². The van der Waals surface area contributed by atoms with E-state index in [1.54, 1.807) is 37.8 Å². The van der Waals surface area contributed by atoms with Crippen molar-refractivity contribution in [1.29, 1.82) is 0 Å². The minimum Gasteiger partial charge on any atom is -0.321 e. The zero-order valence-corrected chi connectivity index (χ0v) is 8.90. The number of aromatic nitrogens is 2. The number of hydrogen-bond acceptors (Lipinski definition) is 3. The molecule has 80 valence electrons. The first-order valence-corrected chi connectivity index (χ1v) is 4.81. The summed E-state index contributed by atoms with van der Waals surface area (Å²) < 4.78 is 0. The summed E-state index contributed by atoms with van der Waals surface area (Å²) in [5.41, 5.74) is 0.583. The first-order valence-electron chi connectivity index (χ1n) is 4.81. The summed E-state index contributed by atoms with van der Waals surface area (Å²) in [5, 5.41) is 2.04. The fourth-order valence-corrected chi connectivity index (χ4v) is 1.54. The van der Waals surface area contributed by atoms with Crippen molar-refractivity contribution in [3.05, 3.63) is 39.3 Å². The van der Waals surface area contributed by atoms with Crippen LogP contribution in [0.2, 0.25) is 0 Å². The summed E-state index contributed by atoms with van der Waals surface area (Å²) in [6.45, 7) is 3.91. The van der Waals surface area contributed by atoms with Gasteiger partial charge < -0.3 is 4.98 Å². The molecule has 0 aliphatic rings. The van der Waals surface area contributed by atoms with Gasteiger partial charge in [-0.25, -0.2) is 0 Å². The van der Waals surface area contributed by atoms with E-state index in [0.29, 0.717) is 10.4 Å². The fraction of sp³-hybridized carbons (Fsp3) is 0.0833. The number of aromatic amines is 1. The third kappa shape index (κ3) is 1.65. The Hall–Kier alpha value is -2.23. The van der Waals surface area contributed by atoms with Crippen molar-refractivity contribution in [1.82, 2.24) is 9.97 Å². The molecule has 0 aromatic carbocycles. The minimum atomic E-state index is -0.163. The van der Waals surface area contributed by atoms with Crippen LogP contribution in [0.15, 0.2) is 28.2 Å². The lowest BCUT2D eigenvalue weighted by Crippen LogP contribution is -2.40. The molecule has 2 heterocycles. The van der Waals surface area contributed by atoms with Crippen LogP contribution in [-0.4, -0.2) is 23.2 Å². The van der Waals surface area contributed by atoms with Gasteiger partial charge in [0.2, 0.25) is 0 Å². The van der Waals surface area contributed by atoms with Gasteiger partial charge in [0.15, 0.2) is 0 Å². The van der Waals surface area contributed by atoms with Gasteiger partial charge in [-0.3, -0.25) is 14.8 Å². The van der Waals surface area contributed by atoms with E-state index in [1.165, 1.54) is 0 Å². The highest BCUT2D eigenvalue weighted by Gasteiger charge is 1.98. The van der Waals surface area contributed by atoms with Gasteiger partial charge in [-0.15, -0.1) is 0 Å². The van der Waals surface area contributed by atoms with Crippen molar-refractivity contribution in [3.63, 3.8) is 0 Å². The van der Waals surface area contributed by atoms with Crippen molar-refractivity contribution in [2.75, 3.05) is 7.05 Å². The Morgan fingerprint density at radius 3 is 3.12 bits per heavy atom. The molecule has 0 aliphatic heterocycles. The monoisotopic (exact) mass is 213 g/mol. The Kier molecular flexibility index (Phi) is 2.64. The van der Waals surface area contributed by atoms with E-state index in [4.69, 9.17) is 0 Å². The first kappa shape index (κ1) is 10.3. The van der Waals surface area contributed by atoms with Crippen molar-refractivity contribution >= 4 is 29.8 Å². The highest BCUT2D eigenvalue weighted by molar-refractivity contribution is 5.91. The maximum absolute atomic E-state index is 11.8. The molecule has 0 aliphatic carbocycles. The van der Waals surface area contributed by atoms with Gasteiger partial charge in [0.05, 0.1) is 5.52 Å². The lowest BCUT2D eigenvalue weighted by molar-refractivity contribution is 1.23. The average molecular weight is 213 g/mol. The summed E-state index contributed by atoms with van der Waals surface area (Å²) in [6.07, 6.45) is 6.54. The molecule has 0 atom stereocenters. The lowest BCUT2D eigenvalue weighted by Gasteiger charge is -1.97. The second-order valence-electron chi connectivity index (χ2n) is 3.34. The van der Waals surface area contributed by atoms with Gasteiger partial charge in [-0.1, -0.05) is 6.58 Å². The number of aliphatic imine (C=N–C) groups is 1. The van der Waals surface area contributed by atoms with Crippen LogP contribution in [0.3, 0.4) is 0 Å². The molecule has 0 fully saturated rings. The number of nitrogens with one attached hydrogen (secondary N) is 1. The lowest BCUT2D eigenvalue weighted by atomic mass is 10.2. The number of fused-ring (bicyclic) bond motifs is 1. The average Bonchev–Trinajstić information content (AvgIpc) is 2.29. The van der Waals surface area contributed by atoms with E-state index < -0.39 is 0 Å². The number of nitrogens with zero attached hydrogens (tertiary/aromatic N) is 2. The molecular weight excluding hydrogens is 202 g/mol. The van der Waals surface area contributed by atoms with E-state index >= 15 is 0 Å². The van der Waals surface area contributed by atoms with Gasteiger partial charge in [0.25, 0.3) is 5.56 Å². The van der Waals surface area contributed by atoms with Crippen LogP contribution >= 0.6 is 0 Å². The quantitative estimate of drug-likeness (QED) is 0.668. The molecule has 0 spiro atoms. The van der Waals surface area contributed by atoms with Gasteiger partial charge in [0, 0.05) is 36.3 Å². The van der Waals surface area contributed by atoms with Gasteiger partial charge >= 0.3 is 0 Å². The number of pyridine rings is 2. The Morgan fingerprint density at radius 2 is 2.38 bits per heavy atom. The molecule has 0 unspecified atom stereocenters. The molecule has 2 aromatic rings. The molecule has 0 radical (unpaired) electrons. The van der Waals surface area contributed by atoms with Crippen LogP contribution in [-0.2, 0) is 0 Å². The molecule has 0 bridgehead atoms. The van der Waals surface area contributed by atoms with Gasteiger partial charge in [-0.05, 0) is 17.4 Å². The number of rotatable bonds is 1. The maximum atomic E-state index is 11.8. The van der Waals surface area contributed by atoms with Crippen LogP contribution in [0.25, 0.3) is 23.6 Å². The van der Waals surface area contributed by atoms with Gasteiger partial charge in [-0.2, -0.15) is 0 Å². The topological polar surface area (TPSA) is 58.1 Å². The highest BCUT2D eigenvalue weighted by atomic mass is 16.1. The molecule has 0 amide bonds. The van der Waals surface area contributed by atoms with Crippen LogP contribution < -0.4 is 16.0 Å².